The number of alkyl halides is 1. The largest absolute Gasteiger partial charge is 0.465 e. The lowest BCUT2D eigenvalue weighted by atomic mass is 9.79. The van der Waals surface area contributed by atoms with Gasteiger partial charge in [0.1, 0.15) is 4.32 Å². The van der Waals surface area contributed by atoms with Crippen molar-refractivity contribution in [3.05, 3.63) is 69.8 Å². The summed E-state index contributed by atoms with van der Waals surface area (Å²) in [5, 5.41) is 6.70. The van der Waals surface area contributed by atoms with Crippen LogP contribution in [0.25, 0.3) is 43.1 Å². The molecule has 0 spiro atoms. The highest BCUT2D eigenvalue weighted by Gasteiger charge is 2.37. The molecule has 0 aromatic heterocycles. The van der Waals surface area contributed by atoms with E-state index in [9.17, 15) is 24.0 Å². The Morgan fingerprint density at radius 3 is 1.56 bits per heavy atom. The Morgan fingerprint density at radius 1 is 0.646 bits per heavy atom. The predicted octanol–water partition coefficient (Wildman–Crippen LogP) is 8.23. The molecule has 0 fully saturated rings. The van der Waals surface area contributed by atoms with Gasteiger partial charge in [-0.3, -0.25) is 33.8 Å². The number of ether oxygens (including phenoxy) is 1. The molecule has 48 heavy (non-hydrogen) atoms. The van der Waals surface area contributed by atoms with Crippen molar-refractivity contribution < 1.29 is 28.7 Å². The van der Waals surface area contributed by atoms with Crippen LogP contribution in [-0.2, 0) is 9.53 Å². The van der Waals surface area contributed by atoms with Gasteiger partial charge in [-0.2, -0.15) is 0 Å². The summed E-state index contributed by atoms with van der Waals surface area (Å²) in [4.78, 5) is 70.0. The van der Waals surface area contributed by atoms with Crippen LogP contribution in [0.2, 0.25) is 0 Å². The molecule has 2 heterocycles. The maximum atomic E-state index is 14.0. The minimum Gasteiger partial charge on any atom is -0.465 e. The Kier molecular flexibility index (Phi) is 7.81. The van der Waals surface area contributed by atoms with Crippen molar-refractivity contribution in [3.8, 4) is 0 Å². The lowest BCUT2D eigenvalue weighted by Crippen LogP contribution is -2.41. The maximum absolute atomic E-state index is 14.0. The number of benzene rings is 5. The Balaban J connectivity index is 1.31. The quantitative estimate of drug-likeness (QED) is 0.0362. The van der Waals surface area contributed by atoms with E-state index in [0.717, 1.165) is 56.3 Å². The highest BCUT2D eigenvalue weighted by atomic mass is 79.9. The predicted molar refractivity (Wildman–Crippen MR) is 191 cm³/mol. The molecule has 8 nitrogen and oxygen atoms in total. The third-order valence-electron chi connectivity index (χ3n) is 9.88. The van der Waals surface area contributed by atoms with Crippen LogP contribution in [0.5, 0.6) is 0 Å². The van der Waals surface area contributed by atoms with Crippen LogP contribution in [0.3, 0.4) is 0 Å². The van der Waals surface area contributed by atoms with Crippen LogP contribution >= 0.6 is 15.9 Å². The van der Waals surface area contributed by atoms with Crippen molar-refractivity contribution in [2.45, 2.75) is 71.0 Å². The molecule has 2 aliphatic heterocycles. The van der Waals surface area contributed by atoms with Crippen LogP contribution in [0.4, 0.5) is 0 Å². The SMILES string of the molecule is CCCCN1C(=O)c2ccc3c4c(C)cc5c6c(ccc(c7c(C)cc(c2c37)C1=O)c64)C(=O)N(CCCCCOC(=O)C(C)(C)Br)C5=O. The van der Waals surface area contributed by atoms with E-state index in [0.29, 0.717) is 58.8 Å². The number of esters is 1. The fourth-order valence-corrected chi connectivity index (χ4v) is 7.69. The van der Waals surface area contributed by atoms with Gasteiger partial charge in [0.15, 0.2) is 0 Å². The molecular weight excluding hydrogens is 672 g/mol. The maximum Gasteiger partial charge on any atom is 0.322 e. The molecule has 0 atom stereocenters. The van der Waals surface area contributed by atoms with Gasteiger partial charge >= 0.3 is 5.97 Å². The molecule has 0 aliphatic carbocycles. The second kappa shape index (κ2) is 11.7. The smallest absolute Gasteiger partial charge is 0.322 e. The second-order valence-electron chi connectivity index (χ2n) is 13.6. The summed E-state index contributed by atoms with van der Waals surface area (Å²) in [7, 11) is 0. The van der Waals surface area contributed by atoms with E-state index in [-0.39, 0.29) is 42.7 Å². The number of carbonyl (C=O) groups excluding carboxylic acids is 5. The average molecular weight is 710 g/mol. The van der Waals surface area contributed by atoms with Gasteiger partial charge in [-0.05, 0) is 121 Å². The second-order valence-corrected chi connectivity index (χ2v) is 15.6. The summed E-state index contributed by atoms with van der Waals surface area (Å²) < 4.78 is 4.57. The lowest BCUT2D eigenvalue weighted by Gasteiger charge is -2.31. The number of aryl methyl sites for hydroxylation is 2. The fourth-order valence-electron chi connectivity index (χ4n) is 7.58. The third-order valence-corrected chi connectivity index (χ3v) is 10.2. The van der Waals surface area contributed by atoms with Gasteiger partial charge in [-0.1, -0.05) is 41.4 Å². The number of halogens is 1. The van der Waals surface area contributed by atoms with Gasteiger partial charge in [0.05, 0.1) is 6.61 Å². The van der Waals surface area contributed by atoms with Gasteiger partial charge in [0.25, 0.3) is 23.6 Å². The molecule has 0 saturated carbocycles. The van der Waals surface area contributed by atoms with E-state index < -0.39 is 4.32 Å². The monoisotopic (exact) mass is 708 g/mol. The van der Waals surface area contributed by atoms with Crippen molar-refractivity contribution in [1.82, 2.24) is 9.80 Å². The van der Waals surface area contributed by atoms with E-state index in [4.69, 9.17) is 4.74 Å². The highest BCUT2D eigenvalue weighted by Crippen LogP contribution is 2.48. The van der Waals surface area contributed by atoms with Crippen molar-refractivity contribution in [3.63, 3.8) is 0 Å². The molecule has 0 saturated heterocycles. The van der Waals surface area contributed by atoms with Crippen molar-refractivity contribution in [2.24, 2.45) is 0 Å². The topological polar surface area (TPSA) is 101 Å². The van der Waals surface area contributed by atoms with Crippen molar-refractivity contribution >= 4 is 88.6 Å². The molecule has 0 bridgehead atoms. The normalized spacial score (nSPS) is 14.9. The fraction of sp³-hybridized carbons (Fsp3) is 0.359. The third kappa shape index (κ3) is 4.72. The van der Waals surface area contributed by atoms with Crippen molar-refractivity contribution in [1.29, 1.82) is 0 Å². The number of fused-ring (bicyclic) bond motifs is 2. The summed E-state index contributed by atoms with van der Waals surface area (Å²) in [6.45, 7) is 10.4. The highest BCUT2D eigenvalue weighted by molar-refractivity contribution is 9.10. The molecule has 5 aromatic carbocycles. The van der Waals surface area contributed by atoms with Crippen LogP contribution in [0, 0.1) is 13.8 Å². The first-order valence-corrected chi connectivity index (χ1v) is 17.5. The van der Waals surface area contributed by atoms with Crippen LogP contribution in [-0.4, -0.2) is 63.4 Å². The van der Waals surface area contributed by atoms with Gasteiger partial charge in [0.2, 0.25) is 0 Å². The summed E-state index contributed by atoms with van der Waals surface area (Å²) in [6, 6.07) is 11.3. The van der Waals surface area contributed by atoms with Gasteiger partial charge in [-0.25, -0.2) is 0 Å². The molecule has 0 N–H and O–H groups in total. The number of unbranched alkanes of at least 4 members (excludes halogenated alkanes) is 3. The molecular formula is C39H37BrN2O6. The first kappa shape index (κ1) is 32.2. The van der Waals surface area contributed by atoms with Gasteiger partial charge in [-0.15, -0.1) is 0 Å². The van der Waals surface area contributed by atoms with Gasteiger partial charge < -0.3 is 4.74 Å². The lowest BCUT2D eigenvalue weighted by molar-refractivity contribution is -0.145. The minimum absolute atomic E-state index is 0.263. The Labute approximate surface area is 286 Å². The van der Waals surface area contributed by atoms with Crippen LogP contribution in [0.15, 0.2) is 36.4 Å². The van der Waals surface area contributed by atoms with E-state index in [1.54, 1.807) is 13.8 Å². The zero-order valence-corrected chi connectivity index (χ0v) is 29.4. The zero-order valence-electron chi connectivity index (χ0n) is 27.8. The van der Waals surface area contributed by atoms with E-state index in [2.05, 4.69) is 15.9 Å². The number of nitrogens with zero attached hydrogens (tertiary/aromatic N) is 2. The summed E-state index contributed by atoms with van der Waals surface area (Å²) >= 11 is 3.30. The molecule has 0 radical (unpaired) electrons. The molecule has 0 unspecified atom stereocenters. The summed E-state index contributed by atoms with van der Waals surface area (Å²) in [5.41, 5.74) is 3.84. The number of carbonyl (C=O) groups is 5. The number of imide groups is 2. The zero-order chi connectivity index (χ0) is 34.2. The Hall–Kier alpha value is -4.37. The molecule has 7 rings (SSSR count). The van der Waals surface area contributed by atoms with Crippen LogP contribution in [0.1, 0.15) is 105 Å². The van der Waals surface area contributed by atoms with E-state index >= 15 is 0 Å². The van der Waals surface area contributed by atoms with E-state index in [1.165, 1.54) is 9.80 Å². The van der Waals surface area contributed by atoms with Crippen molar-refractivity contribution in [2.75, 3.05) is 19.7 Å². The average Bonchev–Trinajstić information content (AvgIpc) is 3.04. The standard InChI is InChI=1S/C39H37BrN2O6/c1-6-7-15-41-34(43)24-13-11-22-29-21(3)19-27-31-25(35(44)42(37(27)46)16-9-8-10-17-48-38(47)39(4,5)40)14-12-23(33(29)31)28-20(2)18-26(36(41)45)30(24)32(22)28/h11-14,18-19H,6-10,15-17H2,1-5H3. The minimum atomic E-state index is -0.742. The molecule has 5 aromatic rings. The number of hydrogen-bond acceptors (Lipinski definition) is 6. The van der Waals surface area contributed by atoms with Gasteiger partial charge in [0, 0.05) is 46.1 Å². The summed E-state index contributed by atoms with van der Waals surface area (Å²) in [6.07, 6.45) is 3.53. The molecule has 246 valence electrons. The van der Waals surface area contributed by atoms with Crippen LogP contribution < -0.4 is 0 Å². The molecule has 2 aliphatic rings. The number of rotatable bonds is 10. The first-order valence-electron chi connectivity index (χ1n) is 16.7. The molecule has 4 amide bonds. The summed E-state index contributed by atoms with van der Waals surface area (Å²) in [5.74, 6) is -1.50. The number of hydrogen-bond donors (Lipinski definition) is 0. The number of amides is 4. The van der Waals surface area contributed by atoms with E-state index in [1.807, 2.05) is 57.2 Å². The Morgan fingerprint density at radius 2 is 1.10 bits per heavy atom. The molecule has 9 heteroatoms. The Bertz CT molecular complexity index is 2250. The first-order chi connectivity index (χ1) is 22.9.